The lowest BCUT2D eigenvalue weighted by Crippen LogP contribution is -2.25. The van der Waals surface area contributed by atoms with Gasteiger partial charge in [0.15, 0.2) is 0 Å². The van der Waals surface area contributed by atoms with E-state index in [1.54, 1.807) is 12.1 Å². The smallest absolute Gasteiger partial charge is 0.244 e. The Morgan fingerprint density at radius 2 is 1.92 bits per heavy atom. The Bertz CT molecular complexity index is 947. The van der Waals surface area contributed by atoms with Crippen LogP contribution in [0.5, 0.6) is 5.75 Å². The van der Waals surface area contributed by atoms with Crippen LogP contribution in [0.25, 0.3) is 0 Å². The van der Waals surface area contributed by atoms with Crippen LogP contribution >= 0.6 is 0 Å². The van der Waals surface area contributed by atoms with Gasteiger partial charge in [-0.3, -0.25) is 0 Å². The molecule has 0 aromatic heterocycles. The summed E-state index contributed by atoms with van der Waals surface area (Å²) < 4.78 is 58.0. The molecular weight excluding hydrogens is 360 g/mol. The molecule has 0 radical (unpaired) electrons. The number of para-hydroxylation sites is 1. The monoisotopic (exact) mass is 377 g/mol. The molecular formula is C19H17F2NO3S. The second-order valence-electron chi connectivity index (χ2n) is 5.14. The van der Waals surface area contributed by atoms with Crippen molar-refractivity contribution in [2.75, 3.05) is 13.2 Å². The van der Waals surface area contributed by atoms with Crippen molar-refractivity contribution >= 4 is 10.0 Å². The molecule has 0 bridgehead atoms. The van der Waals surface area contributed by atoms with Crippen LogP contribution in [0.2, 0.25) is 0 Å². The number of benzene rings is 2. The van der Waals surface area contributed by atoms with Gasteiger partial charge in [0.25, 0.3) is 0 Å². The molecule has 2 aromatic carbocycles. The standard InChI is InChI=1S/C19H17F2NO3S/c1-2-7-15-8-3-4-9-18(15)25-13-6-5-12-22-26(23,24)19-11-10-16(20)14-17(19)21/h2-4,8-11,14,22H,1,7,12-13H2. The van der Waals surface area contributed by atoms with Gasteiger partial charge < -0.3 is 4.74 Å². The van der Waals surface area contributed by atoms with Gasteiger partial charge in [-0.1, -0.05) is 36.1 Å². The Kier molecular flexibility index (Phi) is 6.89. The van der Waals surface area contributed by atoms with Crippen molar-refractivity contribution in [2.45, 2.75) is 11.3 Å². The molecule has 0 spiro atoms. The van der Waals surface area contributed by atoms with Crippen LogP contribution in [0, 0.1) is 23.5 Å². The van der Waals surface area contributed by atoms with Crippen LogP contribution in [0.1, 0.15) is 5.56 Å². The molecule has 0 aliphatic rings. The third-order valence-electron chi connectivity index (χ3n) is 3.30. The molecule has 2 rings (SSSR count). The largest absolute Gasteiger partial charge is 0.481 e. The summed E-state index contributed by atoms with van der Waals surface area (Å²) in [5.41, 5.74) is 0.969. The van der Waals surface area contributed by atoms with E-state index in [-0.39, 0.29) is 13.2 Å². The molecule has 0 unspecified atom stereocenters. The van der Waals surface area contributed by atoms with Gasteiger partial charge in [-0.15, -0.1) is 6.58 Å². The van der Waals surface area contributed by atoms with E-state index in [2.05, 4.69) is 23.1 Å². The van der Waals surface area contributed by atoms with Crippen molar-refractivity contribution in [2.24, 2.45) is 0 Å². The lowest BCUT2D eigenvalue weighted by Gasteiger charge is -2.07. The third-order valence-corrected chi connectivity index (χ3v) is 4.73. The van der Waals surface area contributed by atoms with E-state index in [0.29, 0.717) is 18.2 Å². The average molecular weight is 377 g/mol. The predicted octanol–water partition coefficient (Wildman–Crippen LogP) is 3.05. The molecule has 0 amide bonds. The average Bonchev–Trinajstić information content (AvgIpc) is 2.59. The molecule has 0 aliphatic carbocycles. The number of ether oxygens (including phenoxy) is 1. The van der Waals surface area contributed by atoms with Gasteiger partial charge in [-0.25, -0.2) is 17.2 Å². The highest BCUT2D eigenvalue weighted by Gasteiger charge is 2.18. The second kappa shape index (κ2) is 9.13. The van der Waals surface area contributed by atoms with Gasteiger partial charge in [0.05, 0.1) is 6.54 Å². The summed E-state index contributed by atoms with van der Waals surface area (Å²) >= 11 is 0. The molecule has 0 atom stereocenters. The highest BCUT2D eigenvalue weighted by molar-refractivity contribution is 7.89. The van der Waals surface area contributed by atoms with Crippen molar-refractivity contribution in [1.29, 1.82) is 0 Å². The number of rotatable bonds is 7. The predicted molar refractivity (Wildman–Crippen MR) is 95.2 cm³/mol. The van der Waals surface area contributed by atoms with Crippen LogP contribution in [-0.4, -0.2) is 21.6 Å². The highest BCUT2D eigenvalue weighted by Crippen LogP contribution is 2.18. The molecule has 0 heterocycles. The summed E-state index contributed by atoms with van der Waals surface area (Å²) in [5, 5.41) is 0. The van der Waals surface area contributed by atoms with E-state index in [1.807, 2.05) is 18.2 Å². The van der Waals surface area contributed by atoms with Crippen LogP contribution in [-0.2, 0) is 16.4 Å². The first-order valence-electron chi connectivity index (χ1n) is 7.66. The van der Waals surface area contributed by atoms with Crippen molar-refractivity contribution in [1.82, 2.24) is 4.72 Å². The number of allylic oxidation sites excluding steroid dienone is 1. The minimum absolute atomic E-state index is 0.0702. The van der Waals surface area contributed by atoms with Crippen molar-refractivity contribution in [3.63, 3.8) is 0 Å². The summed E-state index contributed by atoms with van der Waals surface area (Å²) in [6, 6.07) is 9.69. The van der Waals surface area contributed by atoms with Crippen LogP contribution in [0.15, 0.2) is 60.0 Å². The summed E-state index contributed by atoms with van der Waals surface area (Å²) in [4.78, 5) is -0.629. The second-order valence-corrected chi connectivity index (χ2v) is 6.88. The number of hydrogen-bond acceptors (Lipinski definition) is 3. The number of sulfonamides is 1. The minimum Gasteiger partial charge on any atom is -0.481 e. The van der Waals surface area contributed by atoms with E-state index >= 15 is 0 Å². The molecule has 1 N–H and O–H groups in total. The Morgan fingerprint density at radius 3 is 2.65 bits per heavy atom. The number of nitrogens with one attached hydrogen (secondary N) is 1. The summed E-state index contributed by atoms with van der Waals surface area (Å²) in [7, 11) is -4.11. The first kappa shape index (κ1) is 19.6. The Morgan fingerprint density at radius 1 is 1.15 bits per heavy atom. The Balaban J connectivity index is 1.90. The maximum Gasteiger partial charge on any atom is 0.244 e. The maximum absolute atomic E-state index is 13.5. The van der Waals surface area contributed by atoms with E-state index < -0.39 is 26.6 Å². The summed E-state index contributed by atoms with van der Waals surface area (Å²) in [6.07, 6.45) is 2.42. The zero-order valence-electron chi connectivity index (χ0n) is 13.8. The Hall–Kier alpha value is -2.69. The fourth-order valence-corrected chi connectivity index (χ4v) is 3.08. The molecule has 0 aliphatic heterocycles. The van der Waals surface area contributed by atoms with Gasteiger partial charge in [0.2, 0.25) is 10.0 Å². The van der Waals surface area contributed by atoms with E-state index in [1.165, 1.54) is 0 Å². The molecule has 0 saturated heterocycles. The van der Waals surface area contributed by atoms with Gasteiger partial charge >= 0.3 is 0 Å². The van der Waals surface area contributed by atoms with Crippen LogP contribution in [0.3, 0.4) is 0 Å². The zero-order chi connectivity index (χ0) is 19.0. The first-order valence-corrected chi connectivity index (χ1v) is 9.14. The summed E-state index contributed by atoms with van der Waals surface area (Å²) in [6.45, 7) is 3.53. The zero-order valence-corrected chi connectivity index (χ0v) is 14.7. The van der Waals surface area contributed by atoms with E-state index in [0.717, 1.165) is 17.7 Å². The van der Waals surface area contributed by atoms with Crippen molar-refractivity contribution < 1.29 is 21.9 Å². The quantitative estimate of drug-likeness (QED) is 0.596. The van der Waals surface area contributed by atoms with Crippen molar-refractivity contribution in [3.05, 3.63) is 72.3 Å². The highest BCUT2D eigenvalue weighted by atomic mass is 32.2. The molecule has 136 valence electrons. The van der Waals surface area contributed by atoms with E-state index in [4.69, 9.17) is 4.74 Å². The van der Waals surface area contributed by atoms with Gasteiger partial charge in [0, 0.05) is 6.07 Å². The molecule has 26 heavy (non-hydrogen) atoms. The van der Waals surface area contributed by atoms with Gasteiger partial charge in [0.1, 0.15) is 28.9 Å². The fraction of sp³-hybridized carbons (Fsp3) is 0.158. The summed E-state index contributed by atoms with van der Waals surface area (Å²) in [5.74, 6) is 3.92. The van der Waals surface area contributed by atoms with Crippen LogP contribution < -0.4 is 9.46 Å². The lowest BCUT2D eigenvalue weighted by atomic mass is 10.1. The third kappa shape index (κ3) is 5.41. The maximum atomic E-state index is 13.5. The number of hydrogen-bond donors (Lipinski definition) is 1. The molecule has 2 aromatic rings. The molecule has 0 saturated carbocycles. The number of halogens is 2. The normalized spacial score (nSPS) is 10.7. The minimum atomic E-state index is -4.11. The molecule has 4 nitrogen and oxygen atoms in total. The van der Waals surface area contributed by atoms with E-state index in [9.17, 15) is 17.2 Å². The van der Waals surface area contributed by atoms with Gasteiger partial charge in [-0.2, -0.15) is 4.72 Å². The van der Waals surface area contributed by atoms with Gasteiger partial charge in [-0.05, 0) is 30.2 Å². The topological polar surface area (TPSA) is 55.4 Å². The van der Waals surface area contributed by atoms with Crippen molar-refractivity contribution in [3.8, 4) is 17.6 Å². The lowest BCUT2D eigenvalue weighted by molar-refractivity contribution is 0.366. The Labute approximate surface area is 151 Å². The molecule has 0 fully saturated rings. The molecule has 7 heteroatoms. The SMILES string of the molecule is C=CCc1ccccc1OCC#CCNS(=O)(=O)c1ccc(F)cc1F. The fourth-order valence-electron chi connectivity index (χ4n) is 2.10. The van der Waals surface area contributed by atoms with Crippen LogP contribution in [0.4, 0.5) is 8.78 Å². The first-order chi connectivity index (χ1) is 12.4.